The van der Waals surface area contributed by atoms with Crippen molar-refractivity contribution in [2.24, 2.45) is 0 Å². The molecule has 1 aromatic carbocycles. The van der Waals surface area contributed by atoms with Crippen LogP contribution in [0.3, 0.4) is 0 Å². The molecule has 3 heteroatoms. The molecule has 3 nitrogen and oxygen atoms in total. The molecule has 3 N–H and O–H groups in total. The van der Waals surface area contributed by atoms with Gasteiger partial charge in [-0.25, -0.2) is 0 Å². The molecule has 0 atom stereocenters. The quantitative estimate of drug-likeness (QED) is 0.588. The Morgan fingerprint density at radius 3 is 2.73 bits per heavy atom. The first kappa shape index (κ1) is 11.4. The normalized spacial score (nSPS) is 9.53. The molecule has 15 heavy (non-hydrogen) atoms. The Kier molecular flexibility index (Phi) is 4.03. The Balaban J connectivity index is 2.66. The summed E-state index contributed by atoms with van der Waals surface area (Å²) >= 11 is 0. The molecule has 0 aromatic heterocycles. The fourth-order valence-electron chi connectivity index (χ4n) is 1.19. The predicted molar refractivity (Wildman–Crippen MR) is 65.3 cm³/mol. The van der Waals surface area contributed by atoms with Gasteiger partial charge in [0.1, 0.15) is 5.75 Å². The molecular formula is C12H18N2O. The molecule has 0 radical (unpaired) electrons. The van der Waals surface area contributed by atoms with Crippen molar-refractivity contribution in [1.29, 1.82) is 0 Å². The molecule has 0 saturated carbocycles. The van der Waals surface area contributed by atoms with Crippen LogP contribution in [0, 0.1) is 0 Å². The van der Waals surface area contributed by atoms with E-state index in [-0.39, 0.29) is 0 Å². The SMILES string of the molecule is COc1ccc(NCC=C(C)C)c(N)c1. The Hall–Kier alpha value is -1.64. The van der Waals surface area contributed by atoms with Crippen molar-refractivity contribution in [1.82, 2.24) is 0 Å². The van der Waals surface area contributed by atoms with E-state index in [1.807, 2.05) is 18.2 Å². The number of nitrogens with two attached hydrogens (primary N) is 1. The highest BCUT2D eigenvalue weighted by Gasteiger charge is 1.99. The highest BCUT2D eigenvalue weighted by Crippen LogP contribution is 2.23. The molecule has 0 aliphatic rings. The maximum atomic E-state index is 5.85. The predicted octanol–water partition coefficient (Wildman–Crippen LogP) is 2.66. The zero-order valence-corrected chi connectivity index (χ0v) is 9.50. The minimum Gasteiger partial charge on any atom is -0.497 e. The second kappa shape index (κ2) is 5.29. The Morgan fingerprint density at radius 1 is 1.47 bits per heavy atom. The van der Waals surface area contributed by atoms with Crippen LogP contribution in [0.25, 0.3) is 0 Å². The number of ether oxygens (including phenoxy) is 1. The smallest absolute Gasteiger partial charge is 0.121 e. The molecule has 0 fully saturated rings. The van der Waals surface area contributed by atoms with E-state index in [1.54, 1.807) is 7.11 Å². The van der Waals surface area contributed by atoms with Gasteiger partial charge in [-0.3, -0.25) is 0 Å². The summed E-state index contributed by atoms with van der Waals surface area (Å²) < 4.78 is 5.07. The molecule has 1 rings (SSSR count). The molecular weight excluding hydrogens is 188 g/mol. The van der Waals surface area contributed by atoms with Gasteiger partial charge in [-0.05, 0) is 26.0 Å². The summed E-state index contributed by atoms with van der Waals surface area (Å²) in [6.07, 6.45) is 2.11. The van der Waals surface area contributed by atoms with Gasteiger partial charge in [-0.2, -0.15) is 0 Å². The molecule has 82 valence electrons. The van der Waals surface area contributed by atoms with Gasteiger partial charge in [0.25, 0.3) is 0 Å². The second-order valence-corrected chi connectivity index (χ2v) is 3.62. The van der Waals surface area contributed by atoms with Gasteiger partial charge in [0.15, 0.2) is 0 Å². The van der Waals surface area contributed by atoms with Crippen molar-refractivity contribution in [3.8, 4) is 5.75 Å². The first-order valence-electron chi connectivity index (χ1n) is 4.94. The number of anilines is 2. The molecule has 0 unspecified atom stereocenters. The number of rotatable bonds is 4. The van der Waals surface area contributed by atoms with Gasteiger partial charge >= 0.3 is 0 Å². The van der Waals surface area contributed by atoms with Crippen molar-refractivity contribution in [2.75, 3.05) is 24.7 Å². The third-order valence-electron chi connectivity index (χ3n) is 2.06. The van der Waals surface area contributed by atoms with E-state index in [1.165, 1.54) is 5.57 Å². The number of nitrogens with one attached hydrogen (secondary N) is 1. The zero-order chi connectivity index (χ0) is 11.3. The summed E-state index contributed by atoms with van der Waals surface area (Å²) in [7, 11) is 1.63. The van der Waals surface area contributed by atoms with Crippen molar-refractivity contribution in [2.45, 2.75) is 13.8 Å². The summed E-state index contributed by atoms with van der Waals surface area (Å²) in [5.74, 6) is 0.778. The summed E-state index contributed by atoms with van der Waals surface area (Å²) in [5.41, 5.74) is 8.78. The van der Waals surface area contributed by atoms with Crippen molar-refractivity contribution in [3.63, 3.8) is 0 Å². The Labute approximate surface area is 90.9 Å². The van der Waals surface area contributed by atoms with Gasteiger partial charge in [0, 0.05) is 12.6 Å². The number of nitrogen functional groups attached to an aromatic ring is 1. The van der Waals surface area contributed by atoms with Crippen LogP contribution in [-0.4, -0.2) is 13.7 Å². The summed E-state index contributed by atoms with van der Waals surface area (Å²) in [5, 5.41) is 3.24. The average Bonchev–Trinajstić information content (AvgIpc) is 2.20. The molecule has 0 aliphatic carbocycles. The highest BCUT2D eigenvalue weighted by molar-refractivity contribution is 5.68. The molecule has 0 aliphatic heterocycles. The van der Waals surface area contributed by atoms with Gasteiger partial charge in [0.05, 0.1) is 18.5 Å². The zero-order valence-electron chi connectivity index (χ0n) is 9.50. The number of allylic oxidation sites excluding steroid dienone is 1. The van der Waals surface area contributed by atoms with Crippen LogP contribution in [0.15, 0.2) is 29.8 Å². The van der Waals surface area contributed by atoms with Gasteiger partial charge in [0.2, 0.25) is 0 Å². The lowest BCUT2D eigenvalue weighted by Crippen LogP contribution is -2.02. The first-order valence-corrected chi connectivity index (χ1v) is 4.94. The van der Waals surface area contributed by atoms with Crippen LogP contribution in [0.4, 0.5) is 11.4 Å². The molecule has 1 aromatic rings. The lowest BCUT2D eigenvalue weighted by molar-refractivity contribution is 0.415. The van der Waals surface area contributed by atoms with E-state index in [9.17, 15) is 0 Å². The van der Waals surface area contributed by atoms with Gasteiger partial charge < -0.3 is 15.8 Å². The molecule has 0 bridgehead atoms. The fraction of sp³-hybridized carbons (Fsp3) is 0.333. The topological polar surface area (TPSA) is 47.3 Å². The van der Waals surface area contributed by atoms with E-state index in [4.69, 9.17) is 10.5 Å². The summed E-state index contributed by atoms with van der Waals surface area (Å²) in [4.78, 5) is 0. The number of benzene rings is 1. The lowest BCUT2D eigenvalue weighted by atomic mass is 10.2. The number of hydrogen-bond acceptors (Lipinski definition) is 3. The lowest BCUT2D eigenvalue weighted by Gasteiger charge is -2.09. The number of hydrogen-bond donors (Lipinski definition) is 2. The average molecular weight is 206 g/mol. The molecule has 0 saturated heterocycles. The van der Waals surface area contributed by atoms with Crippen LogP contribution in [0.5, 0.6) is 5.75 Å². The maximum absolute atomic E-state index is 5.85. The van der Waals surface area contributed by atoms with E-state index in [0.29, 0.717) is 5.69 Å². The molecule has 0 heterocycles. The van der Waals surface area contributed by atoms with Crippen molar-refractivity contribution in [3.05, 3.63) is 29.8 Å². The monoisotopic (exact) mass is 206 g/mol. The van der Waals surface area contributed by atoms with E-state index in [2.05, 4.69) is 25.2 Å². The third-order valence-corrected chi connectivity index (χ3v) is 2.06. The van der Waals surface area contributed by atoms with Crippen molar-refractivity contribution < 1.29 is 4.74 Å². The largest absolute Gasteiger partial charge is 0.497 e. The minimum absolute atomic E-state index is 0.705. The highest BCUT2D eigenvalue weighted by atomic mass is 16.5. The van der Waals surface area contributed by atoms with Crippen LogP contribution in [-0.2, 0) is 0 Å². The first-order chi connectivity index (χ1) is 7.13. The van der Waals surface area contributed by atoms with E-state index in [0.717, 1.165) is 18.0 Å². The molecule has 0 spiro atoms. The fourth-order valence-corrected chi connectivity index (χ4v) is 1.19. The Morgan fingerprint density at radius 2 is 2.20 bits per heavy atom. The molecule has 0 amide bonds. The third kappa shape index (κ3) is 3.54. The second-order valence-electron chi connectivity index (χ2n) is 3.62. The van der Waals surface area contributed by atoms with Crippen LogP contribution < -0.4 is 15.8 Å². The van der Waals surface area contributed by atoms with Crippen molar-refractivity contribution >= 4 is 11.4 Å². The van der Waals surface area contributed by atoms with E-state index >= 15 is 0 Å². The summed E-state index contributed by atoms with van der Waals surface area (Å²) in [6.45, 7) is 4.93. The summed E-state index contributed by atoms with van der Waals surface area (Å²) in [6, 6.07) is 5.62. The van der Waals surface area contributed by atoms with Crippen LogP contribution >= 0.6 is 0 Å². The standard InChI is InChI=1S/C12H18N2O/c1-9(2)6-7-14-12-5-4-10(15-3)8-11(12)13/h4-6,8,14H,7,13H2,1-3H3. The Bertz CT molecular complexity index is 355. The van der Waals surface area contributed by atoms with Crippen LogP contribution in [0.2, 0.25) is 0 Å². The maximum Gasteiger partial charge on any atom is 0.121 e. The van der Waals surface area contributed by atoms with Gasteiger partial charge in [-0.15, -0.1) is 0 Å². The number of methoxy groups -OCH3 is 1. The minimum atomic E-state index is 0.705. The van der Waals surface area contributed by atoms with E-state index < -0.39 is 0 Å². The van der Waals surface area contributed by atoms with Gasteiger partial charge in [-0.1, -0.05) is 11.6 Å². The van der Waals surface area contributed by atoms with Crippen LogP contribution in [0.1, 0.15) is 13.8 Å².